The zero-order valence-electron chi connectivity index (χ0n) is 11.5. The topological polar surface area (TPSA) is 93.0 Å². The van der Waals surface area contributed by atoms with E-state index in [1.165, 1.54) is 0 Å². The number of rotatable bonds is 4. The molecule has 0 saturated carbocycles. The second kappa shape index (κ2) is 6.48. The van der Waals surface area contributed by atoms with Crippen molar-refractivity contribution in [2.45, 2.75) is 13.3 Å². The number of hydrogen-bond acceptors (Lipinski definition) is 4. The van der Waals surface area contributed by atoms with E-state index in [4.69, 9.17) is 10.5 Å². The monoisotopic (exact) mass is 416 g/mol. The molecule has 0 saturated heterocycles. The molecule has 1 aromatic carbocycles. The van der Waals surface area contributed by atoms with Crippen LogP contribution in [0.2, 0.25) is 0 Å². The van der Waals surface area contributed by atoms with Crippen LogP contribution in [0.15, 0.2) is 21.1 Å². The Kier molecular flexibility index (Phi) is 4.89. The fraction of sp³-hybridized carbons (Fsp3) is 0.231. The van der Waals surface area contributed by atoms with Crippen LogP contribution in [-0.2, 0) is 6.42 Å². The molecular weight excluding hydrogens is 404 g/mol. The summed E-state index contributed by atoms with van der Waals surface area (Å²) in [6.45, 7) is 1.93. The number of halogens is 2. The summed E-state index contributed by atoms with van der Waals surface area (Å²) < 4.78 is 6.70. The first-order chi connectivity index (χ1) is 9.97. The predicted octanol–water partition coefficient (Wildman–Crippen LogP) is 3.34. The molecule has 0 aliphatic heterocycles. The first-order valence-corrected chi connectivity index (χ1v) is 7.73. The van der Waals surface area contributed by atoms with Gasteiger partial charge in [-0.15, -0.1) is 0 Å². The van der Waals surface area contributed by atoms with Crippen molar-refractivity contribution in [3.8, 4) is 5.75 Å². The maximum atomic E-state index is 12.3. The maximum absolute atomic E-state index is 12.3. The molecule has 1 amide bonds. The largest absolute Gasteiger partial charge is 0.495 e. The Hall–Kier alpha value is -1.54. The minimum Gasteiger partial charge on any atom is -0.495 e. The predicted molar refractivity (Wildman–Crippen MR) is 88.7 cm³/mol. The van der Waals surface area contributed by atoms with Crippen LogP contribution in [0, 0.1) is 0 Å². The highest BCUT2D eigenvalue weighted by molar-refractivity contribution is 9.11. The Morgan fingerprint density at radius 2 is 2.14 bits per heavy atom. The van der Waals surface area contributed by atoms with Crippen LogP contribution in [0.4, 0.5) is 11.4 Å². The molecule has 2 aromatic rings. The first kappa shape index (κ1) is 15.8. The van der Waals surface area contributed by atoms with Crippen LogP contribution in [0.1, 0.15) is 23.1 Å². The van der Waals surface area contributed by atoms with Gasteiger partial charge in [-0.1, -0.05) is 6.92 Å². The number of nitrogen functional groups attached to an aromatic ring is 1. The molecule has 0 unspecified atom stereocenters. The Bertz CT molecular complexity index is 685. The lowest BCUT2D eigenvalue weighted by Crippen LogP contribution is -2.14. The average molecular weight is 418 g/mol. The molecule has 0 aliphatic rings. The molecule has 21 heavy (non-hydrogen) atoms. The third kappa shape index (κ3) is 3.21. The molecule has 0 atom stereocenters. The zero-order chi connectivity index (χ0) is 15.6. The third-order valence-corrected chi connectivity index (χ3v) is 4.22. The molecular formula is C13H14Br2N4O2. The van der Waals surface area contributed by atoms with Crippen molar-refractivity contribution in [2.75, 3.05) is 18.2 Å². The molecule has 6 nitrogen and oxygen atoms in total. The van der Waals surface area contributed by atoms with Crippen LogP contribution < -0.4 is 15.8 Å². The summed E-state index contributed by atoms with van der Waals surface area (Å²) >= 11 is 6.76. The highest BCUT2D eigenvalue weighted by Crippen LogP contribution is 2.34. The van der Waals surface area contributed by atoms with Gasteiger partial charge in [0.25, 0.3) is 5.91 Å². The smallest absolute Gasteiger partial charge is 0.278 e. The highest BCUT2D eigenvalue weighted by atomic mass is 79.9. The molecule has 2 rings (SSSR count). The van der Waals surface area contributed by atoms with E-state index in [0.29, 0.717) is 28.0 Å². The Balaban J connectivity index is 2.29. The van der Waals surface area contributed by atoms with Crippen molar-refractivity contribution in [2.24, 2.45) is 0 Å². The van der Waals surface area contributed by atoms with Gasteiger partial charge in [-0.25, -0.2) is 0 Å². The van der Waals surface area contributed by atoms with Gasteiger partial charge in [-0.3, -0.25) is 9.89 Å². The van der Waals surface area contributed by atoms with Crippen LogP contribution in [-0.4, -0.2) is 23.2 Å². The van der Waals surface area contributed by atoms with E-state index >= 15 is 0 Å². The fourth-order valence-electron chi connectivity index (χ4n) is 1.79. The molecule has 1 aromatic heterocycles. The Labute approximate surface area is 138 Å². The lowest BCUT2D eigenvalue weighted by Gasteiger charge is -2.10. The van der Waals surface area contributed by atoms with Crippen molar-refractivity contribution >= 4 is 49.1 Å². The van der Waals surface area contributed by atoms with E-state index in [1.807, 2.05) is 6.92 Å². The number of nitrogens with zero attached hydrogens (tertiary/aromatic N) is 1. The van der Waals surface area contributed by atoms with E-state index in [1.54, 1.807) is 19.2 Å². The normalized spacial score (nSPS) is 10.5. The number of ether oxygens (including phenoxy) is 1. The Morgan fingerprint density at radius 1 is 1.43 bits per heavy atom. The number of hydrogen-bond donors (Lipinski definition) is 3. The molecule has 4 N–H and O–H groups in total. The number of carbonyl (C=O) groups is 1. The number of carbonyl (C=O) groups excluding carboxylic acids is 1. The standard InChI is InChI=1S/C13H14Br2N4O2/c1-3-8-11(16)12(19-18-8)13(20)17-9-5-10(21-2)7(15)4-6(9)14/h4-5H,3,16H2,1-2H3,(H,17,20)(H,18,19). The van der Waals surface area contributed by atoms with Gasteiger partial charge in [0.2, 0.25) is 0 Å². The van der Waals surface area contributed by atoms with Crippen LogP contribution >= 0.6 is 31.9 Å². The van der Waals surface area contributed by atoms with E-state index < -0.39 is 0 Å². The number of H-pyrrole nitrogens is 1. The van der Waals surface area contributed by atoms with Gasteiger partial charge in [-0.05, 0) is 44.3 Å². The summed E-state index contributed by atoms with van der Waals surface area (Å²) in [7, 11) is 1.55. The number of aromatic nitrogens is 2. The van der Waals surface area contributed by atoms with Gasteiger partial charge < -0.3 is 15.8 Å². The van der Waals surface area contributed by atoms with Gasteiger partial charge in [0.05, 0.1) is 28.7 Å². The summed E-state index contributed by atoms with van der Waals surface area (Å²) in [4.78, 5) is 12.3. The molecule has 0 fully saturated rings. The van der Waals surface area contributed by atoms with Gasteiger partial charge in [0.1, 0.15) is 5.75 Å². The molecule has 112 valence electrons. The summed E-state index contributed by atoms with van der Waals surface area (Å²) in [6, 6.07) is 3.50. The summed E-state index contributed by atoms with van der Waals surface area (Å²) in [5, 5.41) is 9.47. The quantitative estimate of drug-likeness (QED) is 0.711. The van der Waals surface area contributed by atoms with Crippen molar-refractivity contribution in [1.82, 2.24) is 10.2 Å². The number of aryl methyl sites for hydroxylation is 1. The van der Waals surface area contributed by atoms with Gasteiger partial charge >= 0.3 is 0 Å². The van der Waals surface area contributed by atoms with Crippen LogP contribution in [0.5, 0.6) is 5.75 Å². The number of nitrogens with two attached hydrogens (primary N) is 1. The molecule has 0 aliphatic carbocycles. The number of aromatic amines is 1. The van der Waals surface area contributed by atoms with Crippen molar-refractivity contribution in [3.63, 3.8) is 0 Å². The third-order valence-electron chi connectivity index (χ3n) is 2.94. The minimum absolute atomic E-state index is 0.181. The van der Waals surface area contributed by atoms with Gasteiger partial charge in [-0.2, -0.15) is 5.10 Å². The summed E-state index contributed by atoms with van der Waals surface area (Å²) in [5.41, 5.74) is 7.75. The number of methoxy groups -OCH3 is 1. The number of nitrogens with one attached hydrogen (secondary N) is 2. The molecule has 0 spiro atoms. The zero-order valence-corrected chi connectivity index (χ0v) is 14.6. The van der Waals surface area contributed by atoms with Crippen molar-refractivity contribution in [3.05, 3.63) is 32.5 Å². The van der Waals surface area contributed by atoms with Crippen LogP contribution in [0.3, 0.4) is 0 Å². The average Bonchev–Trinajstić information content (AvgIpc) is 2.82. The number of anilines is 2. The fourth-order valence-corrected chi connectivity index (χ4v) is 3.05. The highest BCUT2D eigenvalue weighted by Gasteiger charge is 2.18. The Morgan fingerprint density at radius 3 is 2.71 bits per heavy atom. The van der Waals surface area contributed by atoms with Crippen molar-refractivity contribution < 1.29 is 9.53 Å². The second-order valence-corrected chi connectivity index (χ2v) is 5.95. The van der Waals surface area contributed by atoms with E-state index in [0.717, 1.165) is 10.2 Å². The number of benzene rings is 1. The van der Waals surface area contributed by atoms with E-state index in [2.05, 4.69) is 47.4 Å². The van der Waals surface area contributed by atoms with Crippen molar-refractivity contribution in [1.29, 1.82) is 0 Å². The van der Waals surface area contributed by atoms with Crippen LogP contribution in [0.25, 0.3) is 0 Å². The number of amides is 1. The lowest BCUT2D eigenvalue weighted by atomic mass is 10.2. The first-order valence-electron chi connectivity index (χ1n) is 6.15. The maximum Gasteiger partial charge on any atom is 0.278 e. The second-order valence-electron chi connectivity index (χ2n) is 4.24. The molecule has 0 bridgehead atoms. The lowest BCUT2D eigenvalue weighted by molar-refractivity contribution is 0.102. The van der Waals surface area contributed by atoms with E-state index in [-0.39, 0.29) is 11.6 Å². The minimum atomic E-state index is -0.381. The molecule has 8 heteroatoms. The summed E-state index contributed by atoms with van der Waals surface area (Å²) in [5.74, 6) is 0.228. The summed E-state index contributed by atoms with van der Waals surface area (Å²) in [6.07, 6.45) is 0.682. The van der Waals surface area contributed by atoms with Gasteiger partial charge in [0.15, 0.2) is 5.69 Å². The van der Waals surface area contributed by atoms with Gasteiger partial charge in [0, 0.05) is 10.5 Å². The molecule has 1 heterocycles. The SMILES string of the molecule is CCc1[nH]nc(C(=O)Nc2cc(OC)c(Br)cc2Br)c1N. The van der Waals surface area contributed by atoms with E-state index in [9.17, 15) is 4.79 Å². The molecule has 0 radical (unpaired) electrons.